The van der Waals surface area contributed by atoms with Crippen LogP contribution >= 0.6 is 0 Å². The Hall–Kier alpha value is -3.55. The highest BCUT2D eigenvalue weighted by molar-refractivity contribution is 5.94. The van der Waals surface area contributed by atoms with E-state index in [0.717, 1.165) is 42.1 Å². The minimum Gasteiger partial charge on any atom is -0.350 e. The summed E-state index contributed by atoms with van der Waals surface area (Å²) in [7, 11) is 0. The predicted molar refractivity (Wildman–Crippen MR) is 109 cm³/mol. The summed E-state index contributed by atoms with van der Waals surface area (Å²) in [5.74, 6) is -0.917. The molecule has 30 heavy (non-hydrogen) atoms. The number of rotatable bonds is 5. The topological polar surface area (TPSA) is 84.3 Å². The number of carbonyl (C=O) groups excluding carboxylic acids is 2. The molecule has 7 nitrogen and oxygen atoms in total. The van der Waals surface area contributed by atoms with Gasteiger partial charge in [-0.3, -0.25) is 19.0 Å². The third kappa shape index (κ3) is 4.22. The van der Waals surface area contributed by atoms with Crippen LogP contribution < -0.4 is 10.9 Å². The van der Waals surface area contributed by atoms with Gasteiger partial charge in [0.2, 0.25) is 5.91 Å². The molecule has 2 aromatic carbocycles. The molecule has 1 aliphatic heterocycles. The lowest BCUT2D eigenvalue weighted by atomic mass is 10.1. The summed E-state index contributed by atoms with van der Waals surface area (Å²) in [5, 5.41) is 2.87. The highest BCUT2D eigenvalue weighted by Crippen LogP contribution is 2.14. The van der Waals surface area contributed by atoms with Crippen LogP contribution in [0.5, 0.6) is 0 Å². The summed E-state index contributed by atoms with van der Waals surface area (Å²) < 4.78 is 14.6. The molecule has 0 bridgehead atoms. The summed E-state index contributed by atoms with van der Waals surface area (Å²) in [6.07, 6.45) is 3.33. The highest BCUT2D eigenvalue weighted by Gasteiger charge is 2.19. The smallest absolute Gasteiger partial charge is 0.261 e. The first-order valence-corrected chi connectivity index (χ1v) is 9.81. The molecule has 0 saturated carbocycles. The third-order valence-electron chi connectivity index (χ3n) is 5.16. The fourth-order valence-corrected chi connectivity index (χ4v) is 3.57. The summed E-state index contributed by atoms with van der Waals surface area (Å²) >= 11 is 0. The number of hydrogen-bond acceptors (Lipinski definition) is 4. The van der Waals surface area contributed by atoms with Crippen LogP contribution in [0.4, 0.5) is 4.39 Å². The predicted octanol–water partition coefficient (Wildman–Crippen LogP) is 2.09. The van der Waals surface area contributed by atoms with Gasteiger partial charge in [0, 0.05) is 25.2 Å². The van der Waals surface area contributed by atoms with Gasteiger partial charge in [0.1, 0.15) is 12.4 Å². The lowest BCUT2D eigenvalue weighted by Crippen LogP contribution is -2.32. The van der Waals surface area contributed by atoms with Crippen molar-refractivity contribution < 1.29 is 14.0 Å². The summed E-state index contributed by atoms with van der Waals surface area (Å²) in [5.41, 5.74) is 1.28. The molecule has 154 valence electrons. The van der Waals surface area contributed by atoms with Crippen molar-refractivity contribution in [3.05, 3.63) is 76.1 Å². The molecule has 0 atom stereocenters. The van der Waals surface area contributed by atoms with Crippen molar-refractivity contribution in [1.29, 1.82) is 0 Å². The zero-order chi connectivity index (χ0) is 21.1. The summed E-state index contributed by atoms with van der Waals surface area (Å²) in [6, 6.07) is 10.9. The zero-order valence-corrected chi connectivity index (χ0v) is 16.3. The Morgan fingerprint density at radius 1 is 1.10 bits per heavy atom. The molecule has 2 amide bonds. The van der Waals surface area contributed by atoms with E-state index in [-0.39, 0.29) is 30.3 Å². The van der Waals surface area contributed by atoms with Gasteiger partial charge in [-0.25, -0.2) is 9.37 Å². The number of likely N-dealkylation sites (tertiary alicyclic amines) is 1. The van der Waals surface area contributed by atoms with E-state index in [0.29, 0.717) is 11.1 Å². The molecular formula is C22H21FN4O3. The molecule has 0 unspecified atom stereocenters. The van der Waals surface area contributed by atoms with Gasteiger partial charge in [-0.15, -0.1) is 0 Å². The maximum atomic E-state index is 13.4. The number of nitrogens with one attached hydrogen (secondary N) is 1. The van der Waals surface area contributed by atoms with Crippen LogP contribution in [0.25, 0.3) is 10.9 Å². The van der Waals surface area contributed by atoms with E-state index in [2.05, 4.69) is 10.3 Å². The van der Waals surface area contributed by atoms with Gasteiger partial charge in [0.15, 0.2) is 0 Å². The zero-order valence-electron chi connectivity index (χ0n) is 16.3. The second-order valence-electron chi connectivity index (χ2n) is 7.32. The Labute approximate surface area is 172 Å². The van der Waals surface area contributed by atoms with Crippen molar-refractivity contribution in [2.75, 3.05) is 13.1 Å². The first-order valence-electron chi connectivity index (χ1n) is 9.81. The lowest BCUT2D eigenvalue weighted by Gasteiger charge is -2.15. The Balaban J connectivity index is 1.41. The Morgan fingerprint density at radius 2 is 1.90 bits per heavy atom. The van der Waals surface area contributed by atoms with Crippen molar-refractivity contribution in [1.82, 2.24) is 19.8 Å². The number of carbonyl (C=O) groups is 2. The Kier molecular flexibility index (Phi) is 5.56. The van der Waals surface area contributed by atoms with E-state index in [4.69, 9.17) is 0 Å². The largest absolute Gasteiger partial charge is 0.350 e. The quantitative estimate of drug-likeness (QED) is 0.701. The second kappa shape index (κ2) is 8.44. The third-order valence-corrected chi connectivity index (χ3v) is 5.16. The molecule has 0 radical (unpaired) electrons. The molecule has 1 N–H and O–H groups in total. The van der Waals surface area contributed by atoms with Crippen molar-refractivity contribution in [2.24, 2.45) is 0 Å². The van der Waals surface area contributed by atoms with Crippen molar-refractivity contribution >= 4 is 22.7 Å². The van der Waals surface area contributed by atoms with Crippen molar-refractivity contribution in [3.8, 4) is 0 Å². The van der Waals surface area contributed by atoms with Gasteiger partial charge in [0.05, 0.1) is 17.2 Å². The van der Waals surface area contributed by atoms with Crippen LogP contribution in [-0.2, 0) is 17.9 Å². The van der Waals surface area contributed by atoms with Gasteiger partial charge >= 0.3 is 0 Å². The number of hydrogen-bond donors (Lipinski definition) is 1. The maximum Gasteiger partial charge on any atom is 0.261 e. The normalized spacial score (nSPS) is 13.6. The van der Waals surface area contributed by atoms with E-state index in [1.807, 2.05) is 11.0 Å². The maximum absolute atomic E-state index is 13.4. The van der Waals surface area contributed by atoms with E-state index in [1.165, 1.54) is 18.5 Å². The average Bonchev–Trinajstić information content (AvgIpc) is 3.29. The van der Waals surface area contributed by atoms with Crippen LogP contribution in [0, 0.1) is 5.82 Å². The van der Waals surface area contributed by atoms with Crippen LogP contribution in [0.3, 0.4) is 0 Å². The minimum atomic E-state index is -0.535. The van der Waals surface area contributed by atoms with Gasteiger partial charge in [-0.2, -0.15) is 0 Å². The van der Waals surface area contributed by atoms with E-state index < -0.39 is 11.4 Å². The molecule has 8 heteroatoms. The van der Waals surface area contributed by atoms with Gasteiger partial charge in [0.25, 0.3) is 11.5 Å². The summed E-state index contributed by atoms with van der Waals surface area (Å²) in [6.45, 7) is 1.55. The molecule has 1 aromatic heterocycles. The van der Waals surface area contributed by atoms with E-state index in [9.17, 15) is 18.8 Å². The van der Waals surface area contributed by atoms with Gasteiger partial charge < -0.3 is 10.2 Å². The number of fused-ring (bicyclic) bond motifs is 1. The number of amides is 2. The first kappa shape index (κ1) is 19.8. The monoisotopic (exact) mass is 408 g/mol. The van der Waals surface area contributed by atoms with E-state index in [1.54, 1.807) is 18.2 Å². The van der Waals surface area contributed by atoms with E-state index >= 15 is 0 Å². The molecule has 4 rings (SSSR count). The highest BCUT2D eigenvalue weighted by atomic mass is 19.1. The van der Waals surface area contributed by atoms with Crippen molar-refractivity contribution in [2.45, 2.75) is 25.9 Å². The molecule has 2 heterocycles. The Bertz CT molecular complexity index is 1170. The Morgan fingerprint density at radius 3 is 2.70 bits per heavy atom. The van der Waals surface area contributed by atoms with Crippen LogP contribution in [0.2, 0.25) is 0 Å². The standard InChI is InChI=1S/C22H21FN4O3/c23-17-6-7-19-18(11-17)22(30)27(14-25-19)13-20(28)24-12-15-4-3-5-16(10-15)21(29)26-8-1-2-9-26/h3-7,10-11,14H,1-2,8-9,12-13H2,(H,24,28). The number of benzene rings is 2. The second-order valence-corrected chi connectivity index (χ2v) is 7.32. The van der Waals surface area contributed by atoms with Crippen molar-refractivity contribution in [3.63, 3.8) is 0 Å². The molecule has 3 aromatic rings. The molecule has 1 saturated heterocycles. The van der Waals surface area contributed by atoms with Gasteiger partial charge in [-0.1, -0.05) is 12.1 Å². The first-order chi connectivity index (χ1) is 14.5. The number of nitrogens with zero attached hydrogens (tertiary/aromatic N) is 3. The number of aromatic nitrogens is 2. The SMILES string of the molecule is O=C(Cn1cnc2ccc(F)cc2c1=O)NCc1cccc(C(=O)N2CCCC2)c1. The van der Waals surface area contributed by atoms with Gasteiger partial charge in [-0.05, 0) is 48.7 Å². The molecule has 1 aliphatic rings. The number of halogens is 1. The molecular weight excluding hydrogens is 387 g/mol. The van der Waals surface area contributed by atoms with Crippen LogP contribution in [0.1, 0.15) is 28.8 Å². The lowest BCUT2D eigenvalue weighted by molar-refractivity contribution is -0.121. The molecule has 1 fully saturated rings. The average molecular weight is 408 g/mol. The fourth-order valence-electron chi connectivity index (χ4n) is 3.57. The minimum absolute atomic E-state index is 0.00157. The molecule has 0 spiro atoms. The van der Waals surface area contributed by atoms with Crippen LogP contribution in [-0.4, -0.2) is 39.4 Å². The molecule has 0 aliphatic carbocycles. The fraction of sp³-hybridized carbons (Fsp3) is 0.273. The summed E-state index contributed by atoms with van der Waals surface area (Å²) in [4.78, 5) is 43.2. The van der Waals surface area contributed by atoms with Crippen LogP contribution in [0.15, 0.2) is 53.6 Å².